The number of nitrogens with two attached hydrogens (primary N) is 2. The molecular weight excluding hydrogens is 925 g/mol. The summed E-state index contributed by atoms with van der Waals surface area (Å²) in [7, 11) is 0. The molecule has 386 valence electrons. The number of aliphatic hydroxyl groups excluding tert-OH is 2. The maximum Gasteiger partial charge on any atom is 0.326 e. The first-order chi connectivity index (χ1) is 31.5. The summed E-state index contributed by atoms with van der Waals surface area (Å²) in [6, 6.07) is -14.6. The molecule has 0 fully saturated rings. The number of carbonyl (C=O) groups excluding carboxylic acids is 9. The Balaban J connectivity index is 6.42. The normalized spacial score (nSPS) is 15.5. The summed E-state index contributed by atoms with van der Waals surface area (Å²) in [5.41, 5.74) is 10.9. The van der Waals surface area contributed by atoms with E-state index < -0.39 is 164 Å². The number of aliphatic carboxylic acids is 3. The highest BCUT2D eigenvalue weighted by molar-refractivity contribution is 7.98. The minimum atomic E-state index is -1.98. The number of carboxylic acid groups (broad SMARTS) is 3. The van der Waals surface area contributed by atoms with Crippen LogP contribution in [0.15, 0.2) is 0 Å². The zero-order valence-corrected chi connectivity index (χ0v) is 39.8. The number of primary amides is 1. The fourth-order valence-electron chi connectivity index (χ4n) is 6.01. The van der Waals surface area contributed by atoms with Crippen LogP contribution in [0.1, 0.15) is 86.5 Å². The Bertz CT molecular complexity index is 1800. The molecule has 0 rings (SSSR count). The lowest BCUT2D eigenvalue weighted by molar-refractivity contribution is -0.143. The van der Waals surface area contributed by atoms with E-state index in [0.29, 0.717) is 5.75 Å². The van der Waals surface area contributed by atoms with Crippen molar-refractivity contribution in [2.24, 2.45) is 23.3 Å². The summed E-state index contributed by atoms with van der Waals surface area (Å²) >= 11 is 1.31. The van der Waals surface area contributed by atoms with Gasteiger partial charge in [0.1, 0.15) is 48.3 Å². The first-order valence-electron chi connectivity index (χ1n) is 21.5. The second kappa shape index (κ2) is 31.0. The van der Waals surface area contributed by atoms with Gasteiger partial charge in [-0.25, -0.2) is 4.79 Å². The lowest BCUT2D eigenvalue weighted by Gasteiger charge is -2.29. The van der Waals surface area contributed by atoms with Crippen molar-refractivity contribution >= 4 is 82.8 Å². The van der Waals surface area contributed by atoms with Gasteiger partial charge in [0.2, 0.25) is 53.2 Å². The zero-order valence-electron chi connectivity index (χ0n) is 39.0. The fraction of sp³-hybridized carbons (Fsp3) is 0.700. The van der Waals surface area contributed by atoms with Gasteiger partial charge >= 0.3 is 17.9 Å². The van der Waals surface area contributed by atoms with Crippen LogP contribution in [0.25, 0.3) is 0 Å². The molecule has 0 radical (unpaired) electrons. The standard InChI is InChI=1S/C40H68N10O17S/c1-17(2)12-23(35(61)44-21(8-9-29(54)55)33(59)48-26(40(66)67)13-18(3)4)47-39(65)31(20(6)52)50-37(63)24(14-28(42)53)45-38(64)27(16-51)49-36(62)25(15-30(56)57)46-34(60)22(10-11-68-7)43-32(58)19(5)41/h17-27,31,51-52H,8-16,41H2,1-7H3,(H2,42,53)(H,43,58)(H,44,61)(H,45,64)(H,46,60)(H,47,65)(H,48,59)(H,49,62)(H,50,63)(H,54,55)(H,56,57)(H,66,67)/t19-,20+,21-,22-,23-,24-,25-,26-,27-,31-/m0/s1. The van der Waals surface area contributed by atoms with Crippen LogP contribution in [-0.2, 0) is 57.5 Å². The van der Waals surface area contributed by atoms with Gasteiger partial charge < -0.3 is 79.5 Å². The average Bonchev–Trinajstić information content (AvgIpc) is 3.22. The molecule has 0 bridgehead atoms. The van der Waals surface area contributed by atoms with E-state index in [1.54, 1.807) is 34.0 Å². The predicted molar refractivity (Wildman–Crippen MR) is 240 cm³/mol. The van der Waals surface area contributed by atoms with Crippen LogP contribution in [0, 0.1) is 11.8 Å². The van der Waals surface area contributed by atoms with Crippen LogP contribution in [0.5, 0.6) is 0 Å². The molecule has 0 heterocycles. The third-order valence-electron chi connectivity index (χ3n) is 9.53. The lowest BCUT2D eigenvalue weighted by atomic mass is 10.0. The predicted octanol–water partition coefficient (Wildman–Crippen LogP) is -5.27. The summed E-state index contributed by atoms with van der Waals surface area (Å²) < 4.78 is 0. The second-order valence-corrected chi connectivity index (χ2v) is 17.7. The van der Waals surface area contributed by atoms with Gasteiger partial charge in [0, 0.05) is 6.42 Å². The van der Waals surface area contributed by atoms with Crippen LogP contribution in [0.2, 0.25) is 0 Å². The Kier molecular flexibility index (Phi) is 28.2. The molecule has 0 aromatic heterocycles. The Hall–Kier alpha value is -6.13. The number of amides is 9. The number of hydrogen-bond donors (Lipinski definition) is 15. The summed E-state index contributed by atoms with van der Waals surface area (Å²) in [5, 5.41) is 66.8. The molecule has 28 heteroatoms. The molecule has 0 saturated carbocycles. The van der Waals surface area contributed by atoms with E-state index in [0.717, 1.165) is 6.92 Å². The minimum Gasteiger partial charge on any atom is -0.481 e. The van der Waals surface area contributed by atoms with Crippen LogP contribution in [0.3, 0.4) is 0 Å². The molecule has 0 saturated heterocycles. The highest BCUT2D eigenvalue weighted by Gasteiger charge is 2.37. The lowest BCUT2D eigenvalue weighted by Crippen LogP contribution is -2.62. The number of rotatable bonds is 33. The number of hydrogen-bond acceptors (Lipinski definition) is 16. The highest BCUT2D eigenvalue weighted by Crippen LogP contribution is 2.11. The second-order valence-electron chi connectivity index (χ2n) is 16.7. The highest BCUT2D eigenvalue weighted by atomic mass is 32.2. The van der Waals surface area contributed by atoms with E-state index in [-0.39, 0.29) is 31.1 Å². The molecule has 0 aliphatic rings. The van der Waals surface area contributed by atoms with Crippen molar-refractivity contribution in [1.29, 1.82) is 0 Å². The minimum absolute atomic E-state index is 0.00335. The van der Waals surface area contributed by atoms with Gasteiger partial charge in [0.25, 0.3) is 0 Å². The van der Waals surface area contributed by atoms with Crippen LogP contribution in [-0.4, -0.2) is 176 Å². The molecule has 17 N–H and O–H groups in total. The SMILES string of the molecule is CSCC[C@H](NC(=O)[C@H](C)N)C(=O)N[C@@H](CC(=O)O)C(=O)N[C@@H](CO)C(=O)N[C@@H](CC(N)=O)C(=O)N[C@H](C(=O)N[C@@H](CC(C)C)C(=O)N[C@@H](CCC(=O)O)C(=O)N[C@@H](CC(C)C)C(=O)O)[C@@H](C)O. The van der Waals surface area contributed by atoms with Crippen molar-refractivity contribution in [2.45, 2.75) is 147 Å². The van der Waals surface area contributed by atoms with E-state index in [9.17, 15) is 83.1 Å². The number of carbonyl (C=O) groups is 12. The van der Waals surface area contributed by atoms with Gasteiger partial charge in [0.05, 0.1) is 31.6 Å². The molecule has 68 heavy (non-hydrogen) atoms. The van der Waals surface area contributed by atoms with E-state index in [4.69, 9.17) is 11.5 Å². The third-order valence-corrected chi connectivity index (χ3v) is 10.2. The molecular formula is C40H68N10O17S. The Morgan fingerprint density at radius 2 is 0.897 bits per heavy atom. The number of carboxylic acids is 3. The molecule has 0 unspecified atom stereocenters. The van der Waals surface area contributed by atoms with E-state index in [2.05, 4.69) is 37.2 Å². The summed E-state index contributed by atoms with van der Waals surface area (Å²) in [6.07, 6.45) is -3.29. The van der Waals surface area contributed by atoms with Crippen LogP contribution in [0.4, 0.5) is 0 Å². The van der Waals surface area contributed by atoms with Crippen molar-refractivity contribution < 1.29 is 83.1 Å². The number of aliphatic hydroxyl groups is 2. The monoisotopic (exact) mass is 992 g/mol. The van der Waals surface area contributed by atoms with E-state index in [1.165, 1.54) is 18.7 Å². The molecule has 0 aromatic carbocycles. The third kappa shape index (κ3) is 24.1. The van der Waals surface area contributed by atoms with E-state index in [1.807, 2.05) is 5.32 Å². The molecule has 0 spiro atoms. The summed E-state index contributed by atoms with van der Waals surface area (Å²) in [4.78, 5) is 153. The zero-order chi connectivity index (χ0) is 52.6. The van der Waals surface area contributed by atoms with E-state index >= 15 is 0 Å². The maximum absolute atomic E-state index is 13.7. The first-order valence-corrected chi connectivity index (χ1v) is 22.8. The Labute approximate surface area is 396 Å². The smallest absolute Gasteiger partial charge is 0.326 e. The van der Waals surface area contributed by atoms with Crippen molar-refractivity contribution in [2.75, 3.05) is 18.6 Å². The van der Waals surface area contributed by atoms with Gasteiger partial charge in [-0.15, -0.1) is 0 Å². The van der Waals surface area contributed by atoms with Gasteiger partial charge in [-0.2, -0.15) is 11.8 Å². The van der Waals surface area contributed by atoms with Crippen molar-refractivity contribution in [3.63, 3.8) is 0 Å². The van der Waals surface area contributed by atoms with Crippen molar-refractivity contribution in [3.8, 4) is 0 Å². The molecule has 0 aromatic rings. The molecule has 10 atom stereocenters. The van der Waals surface area contributed by atoms with Gasteiger partial charge in [-0.1, -0.05) is 27.7 Å². The average molecular weight is 993 g/mol. The summed E-state index contributed by atoms with van der Waals surface area (Å²) in [5.74, 6) is -14.7. The molecule has 27 nitrogen and oxygen atoms in total. The Morgan fingerprint density at radius 1 is 0.500 bits per heavy atom. The summed E-state index contributed by atoms with van der Waals surface area (Å²) in [6.45, 7) is 7.89. The molecule has 0 aliphatic heterocycles. The van der Waals surface area contributed by atoms with Gasteiger partial charge in [-0.3, -0.25) is 52.7 Å². The topological polar surface area (TPSA) is 454 Å². The largest absolute Gasteiger partial charge is 0.481 e. The molecule has 9 amide bonds. The maximum atomic E-state index is 13.7. The fourth-order valence-corrected chi connectivity index (χ4v) is 6.48. The Morgan fingerprint density at radius 3 is 1.34 bits per heavy atom. The van der Waals surface area contributed by atoms with Crippen LogP contribution >= 0.6 is 11.8 Å². The quantitative estimate of drug-likeness (QED) is 0.0292. The van der Waals surface area contributed by atoms with Gasteiger partial charge in [0.15, 0.2) is 0 Å². The molecule has 0 aliphatic carbocycles. The van der Waals surface area contributed by atoms with Crippen molar-refractivity contribution in [1.82, 2.24) is 42.5 Å². The van der Waals surface area contributed by atoms with Crippen molar-refractivity contribution in [3.05, 3.63) is 0 Å². The first kappa shape index (κ1) is 61.9. The van der Waals surface area contributed by atoms with Gasteiger partial charge in [-0.05, 0) is 63.4 Å². The van der Waals surface area contributed by atoms with Crippen LogP contribution < -0.4 is 54.0 Å². The number of thioether (sulfide) groups is 1. The number of nitrogens with one attached hydrogen (secondary N) is 8.